The maximum absolute atomic E-state index is 12.2. The molecule has 1 aliphatic heterocycles. The third kappa shape index (κ3) is 3.22. The highest BCUT2D eigenvalue weighted by atomic mass is 16.5. The summed E-state index contributed by atoms with van der Waals surface area (Å²) >= 11 is 0. The van der Waals surface area contributed by atoms with E-state index in [4.69, 9.17) is 4.74 Å². The zero-order chi connectivity index (χ0) is 13.9. The van der Waals surface area contributed by atoms with Crippen molar-refractivity contribution in [3.05, 3.63) is 0 Å². The van der Waals surface area contributed by atoms with Crippen LogP contribution in [0.4, 0.5) is 0 Å². The molecule has 5 nitrogen and oxygen atoms in total. The number of nitrogens with zero attached hydrogens (tertiary/aromatic N) is 1. The van der Waals surface area contributed by atoms with Gasteiger partial charge in [-0.2, -0.15) is 0 Å². The highest BCUT2D eigenvalue weighted by molar-refractivity contribution is 5.96. The van der Waals surface area contributed by atoms with Crippen LogP contribution in [0.1, 0.15) is 34.1 Å². The Bertz CT molecular complexity index is 317. The molecule has 1 aliphatic rings. The number of nitrogens with one attached hydrogen (secondary N) is 1. The van der Waals surface area contributed by atoms with Crippen molar-refractivity contribution in [3.63, 3.8) is 0 Å². The average Bonchev–Trinajstić information content (AvgIpc) is 2.25. The van der Waals surface area contributed by atoms with Crippen molar-refractivity contribution in [2.24, 2.45) is 5.92 Å². The third-order valence-corrected chi connectivity index (χ3v) is 3.20. The number of methoxy groups -OCH3 is 1. The van der Waals surface area contributed by atoms with Gasteiger partial charge in [-0.25, -0.2) is 0 Å². The summed E-state index contributed by atoms with van der Waals surface area (Å²) < 4.78 is 5.10. The van der Waals surface area contributed by atoms with Crippen LogP contribution >= 0.6 is 0 Å². The summed E-state index contributed by atoms with van der Waals surface area (Å²) in [6, 6.07) is -0.904. The molecule has 18 heavy (non-hydrogen) atoms. The Hall–Kier alpha value is -1.10. The molecule has 1 saturated heterocycles. The van der Waals surface area contributed by atoms with Crippen LogP contribution < -0.4 is 5.32 Å². The monoisotopic (exact) mass is 256 g/mol. The summed E-state index contributed by atoms with van der Waals surface area (Å²) in [5, 5.41) is 2.74. The first kappa shape index (κ1) is 15.0. The summed E-state index contributed by atoms with van der Waals surface area (Å²) in [5.74, 6) is 0.280. The second kappa shape index (κ2) is 6.18. The lowest BCUT2D eigenvalue weighted by Crippen LogP contribution is -2.65. The Morgan fingerprint density at radius 2 is 1.94 bits per heavy atom. The fourth-order valence-electron chi connectivity index (χ4n) is 2.39. The quantitative estimate of drug-likeness (QED) is 0.791. The number of ether oxygens (including phenoxy) is 1. The summed E-state index contributed by atoms with van der Waals surface area (Å²) in [5.41, 5.74) is 0. The number of hydrogen-bond donors (Lipinski definition) is 1. The first-order valence-corrected chi connectivity index (χ1v) is 6.50. The van der Waals surface area contributed by atoms with Crippen molar-refractivity contribution in [3.8, 4) is 0 Å². The minimum absolute atomic E-state index is 0.0233. The van der Waals surface area contributed by atoms with Gasteiger partial charge in [0.2, 0.25) is 11.8 Å². The number of hydrogen-bond acceptors (Lipinski definition) is 3. The van der Waals surface area contributed by atoms with Gasteiger partial charge < -0.3 is 15.0 Å². The summed E-state index contributed by atoms with van der Waals surface area (Å²) in [7, 11) is 1.60. The Labute approximate surface area is 109 Å². The van der Waals surface area contributed by atoms with Crippen molar-refractivity contribution < 1.29 is 14.3 Å². The molecule has 0 aliphatic carbocycles. The van der Waals surface area contributed by atoms with Crippen molar-refractivity contribution in [2.45, 2.75) is 52.2 Å². The van der Waals surface area contributed by atoms with E-state index in [-0.39, 0.29) is 23.9 Å². The maximum Gasteiger partial charge on any atom is 0.245 e. The van der Waals surface area contributed by atoms with Crippen molar-refractivity contribution in [1.82, 2.24) is 10.2 Å². The minimum Gasteiger partial charge on any atom is -0.383 e. The Morgan fingerprint density at radius 1 is 1.33 bits per heavy atom. The van der Waals surface area contributed by atoms with E-state index in [2.05, 4.69) is 19.2 Å². The van der Waals surface area contributed by atoms with Crippen LogP contribution in [0.15, 0.2) is 0 Å². The Kier molecular flexibility index (Phi) is 5.14. The van der Waals surface area contributed by atoms with E-state index in [1.54, 1.807) is 18.9 Å². The van der Waals surface area contributed by atoms with Gasteiger partial charge in [0.25, 0.3) is 0 Å². The lowest BCUT2D eigenvalue weighted by Gasteiger charge is -2.42. The fourth-order valence-corrected chi connectivity index (χ4v) is 2.39. The second-order valence-electron chi connectivity index (χ2n) is 5.43. The molecule has 0 aromatic heterocycles. The van der Waals surface area contributed by atoms with Gasteiger partial charge in [0.1, 0.15) is 12.1 Å². The predicted octanol–water partition coefficient (Wildman–Crippen LogP) is 0.783. The van der Waals surface area contributed by atoms with E-state index in [0.29, 0.717) is 18.9 Å². The zero-order valence-electron chi connectivity index (χ0n) is 11.9. The summed E-state index contributed by atoms with van der Waals surface area (Å²) in [4.78, 5) is 26.0. The van der Waals surface area contributed by atoms with E-state index in [1.165, 1.54) is 0 Å². The fraction of sp³-hybridized carbons (Fsp3) is 0.846. The topological polar surface area (TPSA) is 58.6 Å². The molecule has 0 saturated carbocycles. The van der Waals surface area contributed by atoms with Crippen LogP contribution in [-0.4, -0.2) is 48.6 Å². The van der Waals surface area contributed by atoms with E-state index >= 15 is 0 Å². The molecule has 104 valence electrons. The molecule has 1 fully saturated rings. The van der Waals surface area contributed by atoms with Crippen LogP contribution in [0.5, 0.6) is 0 Å². The van der Waals surface area contributed by atoms with Crippen molar-refractivity contribution in [1.29, 1.82) is 0 Å². The van der Waals surface area contributed by atoms with E-state index in [9.17, 15) is 9.59 Å². The van der Waals surface area contributed by atoms with Crippen LogP contribution in [0.2, 0.25) is 0 Å². The highest BCUT2D eigenvalue weighted by Gasteiger charge is 2.40. The second-order valence-corrected chi connectivity index (χ2v) is 5.43. The highest BCUT2D eigenvalue weighted by Crippen LogP contribution is 2.20. The van der Waals surface area contributed by atoms with Gasteiger partial charge in [0, 0.05) is 7.11 Å². The molecule has 3 unspecified atom stereocenters. The molecule has 2 amide bonds. The number of carbonyl (C=O) groups is 2. The van der Waals surface area contributed by atoms with E-state index < -0.39 is 6.04 Å². The Morgan fingerprint density at radius 3 is 2.44 bits per heavy atom. The van der Waals surface area contributed by atoms with E-state index in [1.807, 2.05) is 6.92 Å². The maximum atomic E-state index is 12.2. The minimum atomic E-state index is -0.444. The molecular weight excluding hydrogens is 232 g/mol. The molecule has 3 atom stereocenters. The standard InChI is InChI=1S/C13H24N2O3/c1-8(2)6-11-12(16)14-10(4)13(17)15(11)9(3)7-18-5/h8-11H,6-7H2,1-5H3,(H,14,16). The van der Waals surface area contributed by atoms with E-state index in [0.717, 1.165) is 0 Å². The molecule has 0 aromatic carbocycles. The molecule has 1 N–H and O–H groups in total. The first-order valence-electron chi connectivity index (χ1n) is 6.50. The molecular formula is C13H24N2O3. The lowest BCUT2D eigenvalue weighted by molar-refractivity contribution is -0.153. The van der Waals surface area contributed by atoms with Gasteiger partial charge in [-0.3, -0.25) is 9.59 Å². The normalized spacial score (nSPS) is 26.4. The van der Waals surface area contributed by atoms with Gasteiger partial charge in [0.05, 0.1) is 12.6 Å². The predicted molar refractivity (Wildman–Crippen MR) is 69.0 cm³/mol. The van der Waals surface area contributed by atoms with Gasteiger partial charge in [-0.05, 0) is 26.2 Å². The Balaban J connectivity index is 2.93. The number of rotatable bonds is 5. The lowest BCUT2D eigenvalue weighted by atomic mass is 9.96. The van der Waals surface area contributed by atoms with Crippen molar-refractivity contribution >= 4 is 11.8 Å². The average molecular weight is 256 g/mol. The summed E-state index contributed by atoms with van der Waals surface area (Å²) in [6.45, 7) is 8.18. The number of piperazine rings is 1. The molecule has 0 bridgehead atoms. The molecule has 0 aromatic rings. The number of amides is 2. The van der Waals surface area contributed by atoms with Gasteiger partial charge in [-0.1, -0.05) is 13.8 Å². The van der Waals surface area contributed by atoms with Gasteiger partial charge >= 0.3 is 0 Å². The first-order chi connectivity index (χ1) is 8.38. The largest absolute Gasteiger partial charge is 0.383 e. The third-order valence-electron chi connectivity index (χ3n) is 3.20. The molecule has 0 radical (unpaired) electrons. The van der Waals surface area contributed by atoms with Crippen LogP contribution in [0.3, 0.4) is 0 Å². The zero-order valence-corrected chi connectivity index (χ0v) is 11.9. The van der Waals surface area contributed by atoms with Gasteiger partial charge in [-0.15, -0.1) is 0 Å². The smallest absolute Gasteiger partial charge is 0.245 e. The molecule has 1 rings (SSSR count). The van der Waals surface area contributed by atoms with Crippen LogP contribution in [0, 0.1) is 5.92 Å². The molecule has 0 spiro atoms. The SMILES string of the molecule is COCC(C)N1C(=O)C(C)NC(=O)C1CC(C)C. The van der Waals surface area contributed by atoms with Crippen molar-refractivity contribution in [2.75, 3.05) is 13.7 Å². The molecule has 5 heteroatoms. The number of carbonyl (C=O) groups excluding carboxylic acids is 2. The molecule has 1 heterocycles. The van der Waals surface area contributed by atoms with Gasteiger partial charge in [0.15, 0.2) is 0 Å². The van der Waals surface area contributed by atoms with Crippen LogP contribution in [0.25, 0.3) is 0 Å². The van der Waals surface area contributed by atoms with Crippen LogP contribution in [-0.2, 0) is 14.3 Å². The summed E-state index contributed by atoms with van der Waals surface area (Å²) in [6.07, 6.45) is 0.679.